The Balaban J connectivity index is 1.53. The predicted octanol–water partition coefficient (Wildman–Crippen LogP) is 2.90. The highest BCUT2D eigenvalue weighted by Gasteiger charge is 2.45. The first-order valence-corrected chi connectivity index (χ1v) is 10.9. The predicted molar refractivity (Wildman–Crippen MR) is 106 cm³/mol. The number of ketones is 1. The lowest BCUT2D eigenvalue weighted by molar-refractivity contribution is 0.00579. The van der Waals surface area contributed by atoms with Crippen LogP contribution in [0.3, 0.4) is 0 Å². The molecule has 29 heavy (non-hydrogen) atoms. The van der Waals surface area contributed by atoms with Crippen molar-refractivity contribution < 1.29 is 27.8 Å². The minimum Gasteiger partial charge on any atom is -0.508 e. The van der Waals surface area contributed by atoms with E-state index in [0.717, 1.165) is 5.56 Å². The van der Waals surface area contributed by atoms with Gasteiger partial charge in [-0.05, 0) is 42.8 Å². The zero-order chi connectivity index (χ0) is 20.8. The Bertz CT molecular complexity index is 1070. The third-order valence-electron chi connectivity index (χ3n) is 5.71. The lowest BCUT2D eigenvalue weighted by Crippen LogP contribution is -2.52. The van der Waals surface area contributed by atoms with Crippen LogP contribution < -0.4 is 9.47 Å². The quantitative estimate of drug-likeness (QED) is 0.825. The molecule has 1 fully saturated rings. The summed E-state index contributed by atoms with van der Waals surface area (Å²) in [5.41, 5.74) is 0.469. The summed E-state index contributed by atoms with van der Waals surface area (Å²) in [5, 5.41) is 9.71. The van der Waals surface area contributed by atoms with Gasteiger partial charge in [-0.15, -0.1) is 0 Å². The van der Waals surface area contributed by atoms with Gasteiger partial charge in [-0.25, -0.2) is 8.42 Å². The van der Waals surface area contributed by atoms with Gasteiger partial charge in [0, 0.05) is 32.0 Å². The molecule has 4 rings (SSSR count). The number of aryl methyl sites for hydroxylation is 1. The second kappa shape index (κ2) is 7.03. The SMILES string of the molecule is COc1ccc(S(=O)(=O)N2CCC3(CC2)CC(=O)c2ccc(O)cc2O3)cc1C. The van der Waals surface area contributed by atoms with Crippen molar-refractivity contribution in [2.75, 3.05) is 20.2 Å². The lowest BCUT2D eigenvalue weighted by Gasteiger charge is -2.43. The Hall–Kier alpha value is -2.58. The maximum atomic E-state index is 13.1. The molecule has 1 N–H and O–H groups in total. The number of sulfonamides is 1. The topological polar surface area (TPSA) is 93.1 Å². The first-order chi connectivity index (χ1) is 13.7. The van der Waals surface area contributed by atoms with E-state index in [4.69, 9.17) is 9.47 Å². The third kappa shape index (κ3) is 3.47. The van der Waals surface area contributed by atoms with Crippen LogP contribution in [0.4, 0.5) is 0 Å². The zero-order valence-corrected chi connectivity index (χ0v) is 17.2. The number of hydrogen-bond donors (Lipinski definition) is 1. The first kappa shape index (κ1) is 19.7. The Morgan fingerprint density at radius 2 is 1.86 bits per heavy atom. The molecule has 2 aliphatic heterocycles. The number of carbonyl (C=O) groups is 1. The van der Waals surface area contributed by atoms with E-state index in [1.54, 1.807) is 38.3 Å². The number of methoxy groups -OCH3 is 1. The number of hydrogen-bond acceptors (Lipinski definition) is 6. The average molecular weight is 417 g/mol. The summed E-state index contributed by atoms with van der Waals surface area (Å²) in [6, 6.07) is 9.27. The summed E-state index contributed by atoms with van der Waals surface area (Å²) in [4.78, 5) is 12.8. The van der Waals surface area contributed by atoms with Gasteiger partial charge in [-0.2, -0.15) is 4.31 Å². The smallest absolute Gasteiger partial charge is 0.243 e. The van der Waals surface area contributed by atoms with Crippen molar-refractivity contribution in [1.29, 1.82) is 0 Å². The van der Waals surface area contributed by atoms with Crippen LogP contribution in [0.25, 0.3) is 0 Å². The molecule has 154 valence electrons. The molecule has 2 aromatic rings. The van der Waals surface area contributed by atoms with Gasteiger partial charge in [-0.3, -0.25) is 4.79 Å². The Labute approximate surface area is 169 Å². The standard InChI is InChI=1S/C21H23NO6S/c1-14-11-16(4-6-19(14)27-2)29(25,26)22-9-7-21(8-10-22)13-18(24)17-5-3-15(23)12-20(17)28-21/h3-6,11-12,23H,7-10,13H2,1-2H3. The van der Waals surface area contributed by atoms with Gasteiger partial charge in [0.05, 0.1) is 24.0 Å². The summed E-state index contributed by atoms with van der Waals surface area (Å²) >= 11 is 0. The van der Waals surface area contributed by atoms with Crippen LogP contribution in [0.15, 0.2) is 41.3 Å². The van der Waals surface area contributed by atoms with E-state index >= 15 is 0 Å². The summed E-state index contributed by atoms with van der Waals surface area (Å²) in [6.07, 6.45) is 1.02. The average Bonchev–Trinajstić information content (AvgIpc) is 2.67. The lowest BCUT2D eigenvalue weighted by atomic mass is 9.83. The van der Waals surface area contributed by atoms with Gasteiger partial charge in [0.15, 0.2) is 5.78 Å². The fourth-order valence-electron chi connectivity index (χ4n) is 4.06. The molecular formula is C21H23NO6S. The number of aromatic hydroxyl groups is 1. The van der Waals surface area contributed by atoms with Crippen molar-refractivity contribution in [3.8, 4) is 17.2 Å². The van der Waals surface area contributed by atoms with E-state index in [1.807, 2.05) is 0 Å². The van der Waals surface area contributed by atoms with Crippen molar-refractivity contribution in [1.82, 2.24) is 4.31 Å². The second-order valence-electron chi connectivity index (χ2n) is 7.60. The van der Waals surface area contributed by atoms with Gasteiger partial charge in [0.1, 0.15) is 22.8 Å². The molecule has 0 amide bonds. The molecule has 1 spiro atoms. The fourth-order valence-corrected chi connectivity index (χ4v) is 5.58. The monoisotopic (exact) mass is 417 g/mol. The molecule has 1 saturated heterocycles. The first-order valence-electron chi connectivity index (χ1n) is 9.44. The van der Waals surface area contributed by atoms with Crippen molar-refractivity contribution in [3.63, 3.8) is 0 Å². The van der Waals surface area contributed by atoms with Crippen molar-refractivity contribution in [2.24, 2.45) is 0 Å². The Kier molecular flexibility index (Phi) is 4.78. The summed E-state index contributed by atoms with van der Waals surface area (Å²) in [7, 11) is -2.10. The van der Waals surface area contributed by atoms with Gasteiger partial charge in [0.2, 0.25) is 10.0 Å². The highest BCUT2D eigenvalue weighted by Crippen LogP contribution is 2.41. The zero-order valence-electron chi connectivity index (χ0n) is 16.3. The largest absolute Gasteiger partial charge is 0.508 e. The molecule has 2 aromatic carbocycles. The molecule has 0 aromatic heterocycles. The summed E-state index contributed by atoms with van der Waals surface area (Å²) in [6.45, 7) is 2.32. The molecule has 0 saturated carbocycles. The van der Waals surface area contributed by atoms with Gasteiger partial charge < -0.3 is 14.6 Å². The van der Waals surface area contributed by atoms with Gasteiger partial charge in [0.25, 0.3) is 0 Å². The van der Waals surface area contributed by atoms with Crippen LogP contribution in [0.5, 0.6) is 17.2 Å². The number of rotatable bonds is 3. The number of phenols is 1. The molecule has 0 aliphatic carbocycles. The third-order valence-corrected chi connectivity index (χ3v) is 7.61. The molecule has 0 unspecified atom stereocenters. The highest BCUT2D eigenvalue weighted by molar-refractivity contribution is 7.89. The molecule has 8 heteroatoms. The van der Waals surface area contributed by atoms with E-state index in [0.29, 0.717) is 29.9 Å². The maximum Gasteiger partial charge on any atom is 0.243 e. The highest BCUT2D eigenvalue weighted by atomic mass is 32.2. The molecule has 2 heterocycles. The van der Waals surface area contributed by atoms with E-state index < -0.39 is 15.6 Å². The molecule has 0 radical (unpaired) electrons. The van der Waals surface area contributed by atoms with Crippen LogP contribution in [0.1, 0.15) is 35.2 Å². The van der Waals surface area contributed by atoms with Gasteiger partial charge in [-0.1, -0.05) is 0 Å². The van der Waals surface area contributed by atoms with Crippen LogP contribution >= 0.6 is 0 Å². The number of nitrogens with zero attached hydrogens (tertiary/aromatic N) is 1. The number of piperidine rings is 1. The second-order valence-corrected chi connectivity index (χ2v) is 9.54. The van der Waals surface area contributed by atoms with Crippen LogP contribution in [-0.4, -0.2) is 49.4 Å². The van der Waals surface area contributed by atoms with Crippen molar-refractivity contribution in [3.05, 3.63) is 47.5 Å². The molecule has 0 bridgehead atoms. The molecule has 0 atom stereocenters. The summed E-state index contributed by atoms with van der Waals surface area (Å²) in [5.74, 6) is 0.984. The van der Waals surface area contributed by atoms with Crippen molar-refractivity contribution in [2.45, 2.75) is 36.7 Å². The van der Waals surface area contributed by atoms with Gasteiger partial charge >= 0.3 is 0 Å². The maximum absolute atomic E-state index is 13.1. The molecule has 7 nitrogen and oxygen atoms in total. The van der Waals surface area contributed by atoms with Crippen molar-refractivity contribution >= 4 is 15.8 Å². The Morgan fingerprint density at radius 3 is 2.52 bits per heavy atom. The minimum absolute atomic E-state index is 0.0310. The van der Waals surface area contributed by atoms with Crippen LogP contribution in [-0.2, 0) is 10.0 Å². The Morgan fingerprint density at radius 1 is 1.14 bits per heavy atom. The number of carbonyl (C=O) groups excluding carboxylic acids is 1. The van der Waals surface area contributed by atoms with Crippen LogP contribution in [0.2, 0.25) is 0 Å². The number of benzene rings is 2. The fraction of sp³-hybridized carbons (Fsp3) is 0.381. The number of Topliss-reactive ketones (excluding diaryl/α,β-unsaturated/α-hetero) is 1. The number of phenolic OH excluding ortho intramolecular Hbond substituents is 1. The number of ether oxygens (including phenoxy) is 2. The molecule has 2 aliphatic rings. The minimum atomic E-state index is -3.65. The van der Waals surface area contributed by atoms with Crippen LogP contribution in [0, 0.1) is 6.92 Å². The van der Waals surface area contributed by atoms with E-state index in [2.05, 4.69) is 0 Å². The van der Waals surface area contributed by atoms with E-state index in [1.165, 1.54) is 16.4 Å². The molecular weight excluding hydrogens is 394 g/mol. The normalized spacial score (nSPS) is 18.9. The summed E-state index contributed by atoms with van der Waals surface area (Å²) < 4.78 is 38.9. The van der Waals surface area contributed by atoms with E-state index in [-0.39, 0.29) is 35.9 Å². The number of fused-ring (bicyclic) bond motifs is 1. The van der Waals surface area contributed by atoms with E-state index in [9.17, 15) is 18.3 Å².